The van der Waals surface area contributed by atoms with Crippen molar-refractivity contribution < 1.29 is 0 Å². The molecule has 65 heavy (non-hydrogen) atoms. The van der Waals surface area contributed by atoms with Gasteiger partial charge >= 0.3 is 0 Å². The van der Waals surface area contributed by atoms with E-state index in [9.17, 15) is 21.0 Å². The zero-order valence-corrected chi connectivity index (χ0v) is 34.7. The van der Waals surface area contributed by atoms with Gasteiger partial charge in [0, 0.05) is 27.1 Å². The van der Waals surface area contributed by atoms with E-state index in [2.05, 4.69) is 144 Å². The van der Waals surface area contributed by atoms with Gasteiger partial charge in [-0.25, -0.2) is 0 Å². The summed E-state index contributed by atoms with van der Waals surface area (Å²) in [5.41, 5.74) is 12.8. The van der Waals surface area contributed by atoms with Crippen molar-refractivity contribution in [2.75, 3.05) is 0 Å². The first-order valence-corrected chi connectivity index (χ1v) is 21.3. The lowest BCUT2D eigenvalue weighted by Gasteiger charge is -2.34. The molecule has 0 saturated carbocycles. The quantitative estimate of drug-likeness (QED) is 0.172. The molecular weight excluding hydrogens is 793 g/mol. The lowest BCUT2D eigenvalue weighted by atomic mass is 9.67. The smallest absolute Gasteiger partial charge is 0.103 e. The van der Waals surface area contributed by atoms with E-state index in [1.165, 1.54) is 22.3 Å². The fourth-order valence-electron chi connectivity index (χ4n) is 10.8. The minimum absolute atomic E-state index is 0.0919. The van der Waals surface area contributed by atoms with Crippen LogP contribution < -0.4 is 0 Å². The summed E-state index contributed by atoms with van der Waals surface area (Å²) in [5.74, 6) is 0. The van der Waals surface area contributed by atoms with Crippen LogP contribution in [0.4, 0.5) is 0 Å². The maximum atomic E-state index is 11.0. The van der Waals surface area contributed by atoms with Crippen molar-refractivity contribution in [3.8, 4) is 57.9 Å². The van der Waals surface area contributed by atoms with Crippen LogP contribution in [0.1, 0.15) is 44.5 Å². The van der Waals surface area contributed by atoms with Gasteiger partial charge in [-0.15, -0.1) is 0 Å². The van der Waals surface area contributed by atoms with Crippen LogP contribution in [0.2, 0.25) is 0 Å². The van der Waals surface area contributed by atoms with Crippen molar-refractivity contribution in [2.45, 2.75) is 5.41 Å². The molecule has 6 nitrogen and oxygen atoms in total. The molecule has 1 aliphatic rings. The Hall–Kier alpha value is -9.46. The second kappa shape index (κ2) is 14.3. The number of rotatable bonds is 5. The number of hydrogen-bond acceptors (Lipinski definition) is 4. The number of nitrogens with zero attached hydrogens (tertiary/aromatic N) is 6. The molecule has 2 aromatic heterocycles. The fourth-order valence-corrected chi connectivity index (χ4v) is 10.8. The highest BCUT2D eigenvalue weighted by molar-refractivity contribution is 6.12. The summed E-state index contributed by atoms with van der Waals surface area (Å²) in [6.07, 6.45) is 0. The Kier molecular flexibility index (Phi) is 8.21. The minimum Gasteiger partial charge on any atom is -0.308 e. The van der Waals surface area contributed by atoms with Crippen molar-refractivity contribution in [3.63, 3.8) is 0 Å². The summed E-state index contributed by atoms with van der Waals surface area (Å²) in [6.45, 7) is 0. The van der Waals surface area contributed by atoms with Crippen molar-refractivity contribution in [2.24, 2.45) is 0 Å². The lowest BCUT2D eigenvalue weighted by Crippen LogP contribution is -2.28. The number of para-hydroxylation sites is 3. The van der Waals surface area contributed by atoms with Gasteiger partial charge in [-0.1, -0.05) is 146 Å². The first-order valence-electron chi connectivity index (χ1n) is 21.3. The van der Waals surface area contributed by atoms with E-state index in [0.717, 1.165) is 54.7 Å². The van der Waals surface area contributed by atoms with Gasteiger partial charge in [0.2, 0.25) is 0 Å². The van der Waals surface area contributed by atoms with Crippen LogP contribution in [0.3, 0.4) is 0 Å². The molecular formula is C59H32N6. The van der Waals surface area contributed by atoms with Gasteiger partial charge in [0.05, 0.1) is 61.1 Å². The van der Waals surface area contributed by atoms with Gasteiger partial charge in [-0.2, -0.15) is 21.0 Å². The number of hydrogen-bond donors (Lipinski definition) is 0. The van der Waals surface area contributed by atoms with Crippen molar-refractivity contribution >= 4 is 43.6 Å². The second-order valence-electron chi connectivity index (χ2n) is 16.4. The van der Waals surface area contributed by atoms with Crippen LogP contribution in [0.5, 0.6) is 0 Å². The summed E-state index contributed by atoms with van der Waals surface area (Å²) >= 11 is 0. The summed E-state index contributed by atoms with van der Waals surface area (Å²) in [6, 6.07) is 75.5. The molecule has 0 spiro atoms. The number of nitriles is 4. The van der Waals surface area contributed by atoms with Crippen LogP contribution >= 0.6 is 0 Å². The Bertz CT molecular complexity index is 3900. The zero-order chi connectivity index (χ0) is 43.8. The average Bonchev–Trinajstić information content (AvgIpc) is 3.99. The molecule has 12 rings (SSSR count). The first kappa shape index (κ1) is 37.3. The molecule has 298 valence electrons. The predicted octanol–water partition coefficient (Wildman–Crippen LogP) is 13.4. The zero-order valence-electron chi connectivity index (χ0n) is 34.7. The summed E-state index contributed by atoms with van der Waals surface area (Å²) in [5, 5.41) is 47.5. The van der Waals surface area contributed by atoms with Crippen molar-refractivity contribution in [3.05, 3.63) is 239 Å². The van der Waals surface area contributed by atoms with Crippen LogP contribution in [-0.4, -0.2) is 9.13 Å². The molecule has 1 aliphatic carbocycles. The van der Waals surface area contributed by atoms with Crippen LogP contribution in [0, 0.1) is 45.3 Å². The molecule has 9 aromatic carbocycles. The third kappa shape index (κ3) is 5.12. The van der Waals surface area contributed by atoms with Crippen LogP contribution in [0.15, 0.2) is 194 Å². The molecule has 0 fully saturated rings. The lowest BCUT2D eigenvalue weighted by molar-refractivity contribution is 0.769. The maximum absolute atomic E-state index is 11.0. The summed E-state index contributed by atoms with van der Waals surface area (Å²) in [7, 11) is 0. The third-order valence-electron chi connectivity index (χ3n) is 13.4. The molecule has 11 aromatic rings. The van der Waals surface area contributed by atoms with Gasteiger partial charge in [0.1, 0.15) is 24.3 Å². The topological polar surface area (TPSA) is 105 Å². The first-order chi connectivity index (χ1) is 32.1. The Morgan fingerprint density at radius 3 is 1.49 bits per heavy atom. The van der Waals surface area contributed by atoms with Gasteiger partial charge in [0.25, 0.3) is 0 Å². The highest BCUT2D eigenvalue weighted by Gasteiger charge is 2.46. The molecule has 0 unspecified atom stereocenters. The Balaban J connectivity index is 1.09. The number of fused-ring (bicyclic) bond motifs is 9. The number of benzene rings is 9. The molecule has 0 radical (unpaired) electrons. The van der Waals surface area contributed by atoms with Gasteiger partial charge in [-0.05, 0) is 87.5 Å². The molecule has 2 heterocycles. The largest absolute Gasteiger partial charge is 0.308 e. The van der Waals surface area contributed by atoms with E-state index in [1.807, 2.05) is 71.3 Å². The molecule has 0 saturated heterocycles. The van der Waals surface area contributed by atoms with Gasteiger partial charge in [-0.3, -0.25) is 0 Å². The SMILES string of the molecule is N#Cc1cc(-c2cc(C#N)c(-n3c4ccccc4c4ccccc43)c(C#N)c2C#N)ccc1-n1c2ccccc2c2cc3c(cc21)-c1ccccc1C3(c1ccccc1)c1ccccc1. The molecule has 0 bridgehead atoms. The van der Waals surface area contributed by atoms with E-state index in [4.69, 9.17) is 0 Å². The number of aromatic nitrogens is 2. The summed E-state index contributed by atoms with van der Waals surface area (Å²) < 4.78 is 4.08. The Morgan fingerprint density at radius 1 is 0.354 bits per heavy atom. The fraction of sp³-hybridized carbons (Fsp3) is 0.0169. The average molecular weight is 825 g/mol. The second-order valence-corrected chi connectivity index (χ2v) is 16.4. The maximum Gasteiger partial charge on any atom is 0.103 e. The normalized spacial score (nSPS) is 12.4. The van der Waals surface area contributed by atoms with E-state index in [-0.39, 0.29) is 16.7 Å². The predicted molar refractivity (Wildman–Crippen MR) is 257 cm³/mol. The molecule has 0 N–H and O–H groups in total. The Morgan fingerprint density at radius 2 is 0.892 bits per heavy atom. The van der Waals surface area contributed by atoms with Crippen LogP contribution in [-0.2, 0) is 5.41 Å². The monoisotopic (exact) mass is 824 g/mol. The van der Waals surface area contributed by atoms with Gasteiger partial charge < -0.3 is 9.13 Å². The van der Waals surface area contributed by atoms with Crippen molar-refractivity contribution in [1.29, 1.82) is 21.0 Å². The van der Waals surface area contributed by atoms with Crippen LogP contribution in [0.25, 0.3) is 77.2 Å². The van der Waals surface area contributed by atoms with Crippen molar-refractivity contribution in [1.82, 2.24) is 9.13 Å². The highest BCUT2D eigenvalue weighted by Crippen LogP contribution is 2.57. The Labute approximate surface area is 374 Å². The molecule has 0 atom stereocenters. The van der Waals surface area contributed by atoms with Gasteiger partial charge in [0.15, 0.2) is 0 Å². The molecule has 6 heteroatoms. The summed E-state index contributed by atoms with van der Waals surface area (Å²) in [4.78, 5) is 0. The third-order valence-corrected chi connectivity index (χ3v) is 13.4. The standard InChI is InChI=1S/C59H32N6/c60-33-38-29-37(46-30-39(34-61)58(50(36-63)49(46)35-62)65-55-25-13-8-20-43(55)44-21-9-14-26-56(44)65)27-28-53(38)64-54-24-12-10-22-45(54)48-31-52-47(32-57(48)64)42-19-7-11-23-51(42)59(52,40-15-3-1-4-16-40)41-17-5-2-6-18-41/h1-32H. The minimum atomic E-state index is -0.578. The van der Waals surface area contributed by atoms with E-state index >= 15 is 0 Å². The molecule has 0 amide bonds. The highest BCUT2D eigenvalue weighted by atomic mass is 15.0. The molecule has 0 aliphatic heterocycles. The van der Waals surface area contributed by atoms with E-state index in [1.54, 1.807) is 12.1 Å². The van der Waals surface area contributed by atoms with E-state index in [0.29, 0.717) is 28.1 Å². The van der Waals surface area contributed by atoms with E-state index < -0.39 is 5.41 Å².